The molecule has 3 aromatic carbocycles. The number of fused-ring (bicyclic) bond motifs is 1. The summed E-state index contributed by atoms with van der Waals surface area (Å²) < 4.78 is 30.0. The van der Waals surface area contributed by atoms with Crippen molar-refractivity contribution in [3.63, 3.8) is 0 Å². The van der Waals surface area contributed by atoms with Gasteiger partial charge in [0, 0.05) is 11.6 Å². The maximum absolute atomic E-state index is 13.8. The van der Waals surface area contributed by atoms with Gasteiger partial charge in [-0.15, -0.1) is 0 Å². The third-order valence-electron chi connectivity index (χ3n) is 4.43. The van der Waals surface area contributed by atoms with Gasteiger partial charge in [-0.1, -0.05) is 48.5 Å². The van der Waals surface area contributed by atoms with Crippen molar-refractivity contribution in [3.8, 4) is 11.5 Å². The first-order chi connectivity index (χ1) is 14.6. The molecule has 0 atom stereocenters. The fourth-order valence-corrected chi connectivity index (χ4v) is 2.91. The number of hydrogen-bond acceptors (Lipinski definition) is 5. The summed E-state index contributed by atoms with van der Waals surface area (Å²) in [5.74, 6) is -0.647. The molecule has 1 aliphatic heterocycles. The van der Waals surface area contributed by atoms with E-state index >= 15 is 0 Å². The summed E-state index contributed by atoms with van der Waals surface area (Å²) in [5.41, 5.74) is 1.48. The molecule has 4 rings (SSSR count). The Balaban J connectivity index is 1.38. The van der Waals surface area contributed by atoms with Gasteiger partial charge in [-0.2, -0.15) is 0 Å². The minimum atomic E-state index is -0.517. The van der Waals surface area contributed by atoms with E-state index in [2.05, 4.69) is 0 Å². The molecule has 0 bridgehead atoms. The van der Waals surface area contributed by atoms with Gasteiger partial charge in [0.05, 0.1) is 5.56 Å². The van der Waals surface area contributed by atoms with Crippen LogP contribution < -0.4 is 9.47 Å². The largest absolute Gasteiger partial charge is 0.482 e. The third-order valence-corrected chi connectivity index (χ3v) is 4.43. The molecule has 0 aromatic heterocycles. The second-order valence-electron chi connectivity index (χ2n) is 6.55. The Bertz CT molecular complexity index is 1120. The van der Waals surface area contributed by atoms with Crippen molar-refractivity contribution in [2.45, 2.75) is 6.61 Å². The molecule has 0 spiro atoms. The Morgan fingerprint density at radius 1 is 1.00 bits per heavy atom. The van der Waals surface area contributed by atoms with Crippen molar-refractivity contribution in [3.05, 3.63) is 101 Å². The predicted molar refractivity (Wildman–Crippen MR) is 108 cm³/mol. The molecule has 0 unspecified atom stereocenters. The summed E-state index contributed by atoms with van der Waals surface area (Å²) in [5, 5.41) is 0. The topological polar surface area (TPSA) is 61.8 Å². The normalized spacial score (nSPS) is 13.6. The summed E-state index contributed by atoms with van der Waals surface area (Å²) in [6.45, 7) is -0.119. The van der Waals surface area contributed by atoms with E-state index < -0.39 is 11.8 Å². The number of carbonyl (C=O) groups is 2. The van der Waals surface area contributed by atoms with Gasteiger partial charge in [-0.05, 0) is 29.8 Å². The summed E-state index contributed by atoms with van der Waals surface area (Å²) >= 11 is 0. The van der Waals surface area contributed by atoms with Gasteiger partial charge in [0.2, 0.25) is 5.78 Å². The molecule has 0 radical (unpaired) electrons. The van der Waals surface area contributed by atoms with E-state index in [9.17, 15) is 14.0 Å². The zero-order chi connectivity index (χ0) is 20.9. The number of Topliss-reactive ketones (excluding diaryl/α,β-unsaturated/α-hetero) is 1. The van der Waals surface area contributed by atoms with Crippen LogP contribution >= 0.6 is 0 Å². The van der Waals surface area contributed by atoms with Crippen LogP contribution in [-0.2, 0) is 16.1 Å². The molecule has 1 heterocycles. The molecule has 150 valence electrons. The fraction of sp³-hybridized carbons (Fsp3) is 0.0833. The number of allylic oxidation sites excluding steroid dienone is 1. The number of ether oxygens (including phenoxy) is 3. The van der Waals surface area contributed by atoms with Crippen molar-refractivity contribution in [1.29, 1.82) is 0 Å². The number of ketones is 1. The monoisotopic (exact) mass is 404 g/mol. The van der Waals surface area contributed by atoms with Gasteiger partial charge < -0.3 is 14.2 Å². The maximum Gasteiger partial charge on any atom is 0.344 e. The Morgan fingerprint density at radius 2 is 1.77 bits per heavy atom. The van der Waals surface area contributed by atoms with Gasteiger partial charge in [-0.25, -0.2) is 9.18 Å². The number of rotatable bonds is 6. The van der Waals surface area contributed by atoms with Crippen LogP contribution in [-0.4, -0.2) is 18.4 Å². The molecular formula is C24H17FO5. The van der Waals surface area contributed by atoms with Crippen LogP contribution in [0.1, 0.15) is 21.5 Å². The number of esters is 1. The van der Waals surface area contributed by atoms with E-state index in [1.54, 1.807) is 30.3 Å². The SMILES string of the molecule is O=C(COc1ccc2c(c1)O/C(=C\c1ccccc1F)C2=O)OCc1ccccc1. The molecule has 0 fully saturated rings. The predicted octanol–water partition coefficient (Wildman–Crippen LogP) is 4.56. The molecule has 0 amide bonds. The van der Waals surface area contributed by atoms with E-state index in [4.69, 9.17) is 14.2 Å². The summed E-state index contributed by atoms with van der Waals surface area (Å²) in [6, 6.07) is 20.0. The Kier molecular flexibility index (Phi) is 5.57. The van der Waals surface area contributed by atoms with E-state index in [0.717, 1.165) is 5.56 Å². The minimum Gasteiger partial charge on any atom is -0.482 e. The zero-order valence-corrected chi connectivity index (χ0v) is 15.8. The van der Waals surface area contributed by atoms with Crippen LogP contribution in [0.25, 0.3) is 6.08 Å². The molecular weight excluding hydrogens is 387 g/mol. The number of hydrogen-bond donors (Lipinski definition) is 0. The lowest BCUT2D eigenvalue weighted by molar-refractivity contribution is -0.147. The van der Waals surface area contributed by atoms with Crippen LogP contribution in [0.5, 0.6) is 11.5 Å². The quantitative estimate of drug-likeness (QED) is 0.445. The van der Waals surface area contributed by atoms with E-state index in [-0.39, 0.29) is 36.1 Å². The van der Waals surface area contributed by atoms with Crippen molar-refractivity contribution in [2.24, 2.45) is 0 Å². The molecule has 6 heteroatoms. The maximum atomic E-state index is 13.8. The van der Waals surface area contributed by atoms with Crippen LogP contribution in [0.15, 0.2) is 78.6 Å². The number of benzene rings is 3. The Labute approximate surface area is 172 Å². The van der Waals surface area contributed by atoms with Crippen LogP contribution in [0.2, 0.25) is 0 Å². The Hall–Kier alpha value is -3.93. The van der Waals surface area contributed by atoms with Crippen LogP contribution in [0, 0.1) is 5.82 Å². The van der Waals surface area contributed by atoms with Crippen LogP contribution in [0.3, 0.4) is 0 Å². The van der Waals surface area contributed by atoms with Gasteiger partial charge in [0.15, 0.2) is 12.4 Å². The number of carbonyl (C=O) groups excluding carboxylic acids is 2. The minimum absolute atomic E-state index is 0.0227. The fourth-order valence-electron chi connectivity index (χ4n) is 2.91. The molecule has 1 aliphatic rings. The van der Waals surface area contributed by atoms with Gasteiger partial charge in [0.1, 0.15) is 23.9 Å². The lowest BCUT2D eigenvalue weighted by Crippen LogP contribution is -2.14. The average Bonchev–Trinajstić information content (AvgIpc) is 3.08. The molecule has 0 saturated heterocycles. The first kappa shape index (κ1) is 19.4. The first-order valence-corrected chi connectivity index (χ1v) is 9.25. The third kappa shape index (κ3) is 4.38. The highest BCUT2D eigenvalue weighted by atomic mass is 19.1. The molecule has 5 nitrogen and oxygen atoms in total. The second kappa shape index (κ2) is 8.61. The van der Waals surface area contributed by atoms with E-state index in [0.29, 0.717) is 11.3 Å². The van der Waals surface area contributed by atoms with E-state index in [1.807, 2.05) is 30.3 Å². The molecule has 3 aromatic rings. The average molecular weight is 404 g/mol. The molecule has 0 saturated carbocycles. The smallest absolute Gasteiger partial charge is 0.344 e. The lowest BCUT2D eigenvalue weighted by Gasteiger charge is -2.08. The van der Waals surface area contributed by atoms with Gasteiger partial charge >= 0.3 is 5.97 Å². The van der Waals surface area contributed by atoms with Crippen molar-refractivity contribution in [1.82, 2.24) is 0 Å². The van der Waals surface area contributed by atoms with Crippen LogP contribution in [0.4, 0.5) is 4.39 Å². The van der Waals surface area contributed by atoms with Gasteiger partial charge in [-0.3, -0.25) is 4.79 Å². The first-order valence-electron chi connectivity index (χ1n) is 9.25. The summed E-state index contributed by atoms with van der Waals surface area (Å²) in [4.78, 5) is 24.4. The lowest BCUT2D eigenvalue weighted by atomic mass is 10.1. The highest BCUT2D eigenvalue weighted by molar-refractivity contribution is 6.14. The standard InChI is InChI=1S/C24H17FO5/c25-20-9-5-4-8-17(20)12-22-24(27)19-11-10-18(13-21(19)30-22)28-15-23(26)29-14-16-6-2-1-3-7-16/h1-13H,14-15H2/b22-12-. The Morgan fingerprint density at radius 3 is 2.57 bits per heavy atom. The van der Waals surface area contributed by atoms with Crippen molar-refractivity contribution < 1.29 is 28.2 Å². The summed E-state index contributed by atoms with van der Waals surface area (Å²) in [7, 11) is 0. The molecule has 30 heavy (non-hydrogen) atoms. The highest BCUT2D eigenvalue weighted by Gasteiger charge is 2.28. The number of halogens is 1. The zero-order valence-electron chi connectivity index (χ0n) is 15.8. The molecule has 0 aliphatic carbocycles. The highest BCUT2D eigenvalue weighted by Crippen LogP contribution is 2.35. The van der Waals surface area contributed by atoms with Crippen molar-refractivity contribution >= 4 is 17.8 Å². The van der Waals surface area contributed by atoms with Gasteiger partial charge in [0.25, 0.3) is 0 Å². The van der Waals surface area contributed by atoms with E-state index in [1.165, 1.54) is 18.2 Å². The second-order valence-corrected chi connectivity index (χ2v) is 6.55. The summed E-state index contributed by atoms with van der Waals surface area (Å²) in [6.07, 6.45) is 1.36. The van der Waals surface area contributed by atoms with Crippen molar-refractivity contribution in [2.75, 3.05) is 6.61 Å². The molecule has 0 N–H and O–H groups in total.